The van der Waals surface area contributed by atoms with E-state index in [0.717, 1.165) is 12.1 Å². The first-order valence-corrected chi connectivity index (χ1v) is 8.09. The summed E-state index contributed by atoms with van der Waals surface area (Å²) in [4.78, 5) is 7.88. The quantitative estimate of drug-likeness (QED) is 0.754. The topological polar surface area (TPSA) is 9.72 Å². The Hall–Kier alpha value is 0.230. The van der Waals surface area contributed by atoms with Crippen LogP contribution in [0.15, 0.2) is 0 Å². The third kappa shape index (κ3) is 2.87. The molecule has 0 radical (unpaired) electrons. The van der Waals surface area contributed by atoms with Crippen LogP contribution in [0.2, 0.25) is 0 Å². The lowest BCUT2D eigenvalue weighted by molar-refractivity contribution is 0.0142. The van der Waals surface area contributed by atoms with Crippen molar-refractivity contribution in [2.45, 2.75) is 43.0 Å². The van der Waals surface area contributed by atoms with Crippen LogP contribution >= 0.6 is 12.6 Å². The molecule has 0 spiro atoms. The zero-order chi connectivity index (χ0) is 12.5. The molecule has 0 saturated carbocycles. The Bertz CT molecular complexity index is 264. The van der Waals surface area contributed by atoms with Gasteiger partial charge in [-0.15, -0.1) is 0 Å². The minimum atomic E-state index is 0.659. The summed E-state index contributed by atoms with van der Waals surface area (Å²) in [5.41, 5.74) is 0. The highest BCUT2D eigenvalue weighted by molar-refractivity contribution is 7.80. The molecule has 3 saturated heterocycles. The minimum absolute atomic E-state index is 0.659. The second-order valence-corrected chi connectivity index (χ2v) is 7.14. The molecule has 0 amide bonds. The largest absolute Gasteiger partial charge is 0.303 e. The minimum Gasteiger partial charge on any atom is -0.303 e. The van der Waals surface area contributed by atoms with Crippen LogP contribution in [0.1, 0.15) is 25.7 Å². The molecule has 4 heteroatoms. The van der Waals surface area contributed by atoms with E-state index in [2.05, 4.69) is 34.4 Å². The Morgan fingerprint density at radius 2 is 1.28 bits per heavy atom. The number of likely N-dealkylation sites (tertiary alicyclic amines) is 3. The van der Waals surface area contributed by atoms with E-state index in [4.69, 9.17) is 0 Å². The van der Waals surface area contributed by atoms with E-state index < -0.39 is 0 Å². The van der Waals surface area contributed by atoms with E-state index in [1.54, 1.807) is 0 Å². The molecule has 0 unspecified atom stereocenters. The van der Waals surface area contributed by atoms with E-state index in [-0.39, 0.29) is 0 Å². The van der Waals surface area contributed by atoms with Gasteiger partial charge in [-0.05, 0) is 45.8 Å². The SMILES string of the molecule is CN1CC(N2CCC(N3CCC(S)CC3)CC2)C1. The van der Waals surface area contributed by atoms with Crippen molar-refractivity contribution in [3.05, 3.63) is 0 Å². The Morgan fingerprint density at radius 3 is 1.83 bits per heavy atom. The Kier molecular flexibility index (Phi) is 4.18. The Labute approximate surface area is 117 Å². The maximum Gasteiger partial charge on any atom is 0.0350 e. The lowest BCUT2D eigenvalue weighted by Crippen LogP contribution is -2.60. The lowest BCUT2D eigenvalue weighted by Gasteiger charge is -2.48. The van der Waals surface area contributed by atoms with Gasteiger partial charge < -0.3 is 9.80 Å². The summed E-state index contributed by atoms with van der Waals surface area (Å²) in [6, 6.07) is 1.72. The molecule has 0 aromatic carbocycles. The number of rotatable bonds is 2. The summed E-state index contributed by atoms with van der Waals surface area (Å²) in [6.07, 6.45) is 5.35. The van der Waals surface area contributed by atoms with Crippen molar-refractivity contribution in [1.29, 1.82) is 0 Å². The number of hydrogen-bond donors (Lipinski definition) is 1. The van der Waals surface area contributed by atoms with E-state index in [9.17, 15) is 0 Å². The van der Waals surface area contributed by atoms with Gasteiger partial charge >= 0.3 is 0 Å². The van der Waals surface area contributed by atoms with Crippen molar-refractivity contribution >= 4 is 12.6 Å². The molecule has 0 bridgehead atoms. The van der Waals surface area contributed by atoms with Gasteiger partial charge in [0.25, 0.3) is 0 Å². The Balaban J connectivity index is 1.42. The maximum absolute atomic E-state index is 4.60. The number of likely N-dealkylation sites (N-methyl/N-ethyl adjacent to an activating group) is 1. The first-order valence-electron chi connectivity index (χ1n) is 7.57. The van der Waals surface area contributed by atoms with Crippen LogP contribution in [0.5, 0.6) is 0 Å². The zero-order valence-corrected chi connectivity index (χ0v) is 12.5. The van der Waals surface area contributed by atoms with Gasteiger partial charge in [-0.25, -0.2) is 0 Å². The molecule has 0 aliphatic carbocycles. The molecule has 0 aromatic heterocycles. The highest BCUT2D eigenvalue weighted by Gasteiger charge is 2.33. The van der Waals surface area contributed by atoms with Crippen molar-refractivity contribution < 1.29 is 0 Å². The van der Waals surface area contributed by atoms with Gasteiger partial charge in [-0.2, -0.15) is 12.6 Å². The highest BCUT2D eigenvalue weighted by atomic mass is 32.1. The summed E-state index contributed by atoms with van der Waals surface area (Å²) < 4.78 is 0. The molecule has 3 aliphatic heterocycles. The highest BCUT2D eigenvalue weighted by Crippen LogP contribution is 2.25. The van der Waals surface area contributed by atoms with Crippen LogP contribution in [0, 0.1) is 0 Å². The van der Waals surface area contributed by atoms with Crippen molar-refractivity contribution in [3.63, 3.8) is 0 Å². The summed E-state index contributed by atoms with van der Waals surface area (Å²) in [6.45, 7) is 7.79. The summed E-state index contributed by atoms with van der Waals surface area (Å²) >= 11 is 4.60. The average molecular weight is 269 g/mol. The number of thiol groups is 1. The van der Waals surface area contributed by atoms with Gasteiger partial charge in [-0.3, -0.25) is 4.90 Å². The molecular formula is C14H27N3S. The van der Waals surface area contributed by atoms with E-state index in [1.807, 2.05) is 0 Å². The van der Waals surface area contributed by atoms with E-state index >= 15 is 0 Å². The van der Waals surface area contributed by atoms with Crippen LogP contribution in [0.25, 0.3) is 0 Å². The van der Waals surface area contributed by atoms with Crippen molar-refractivity contribution in [2.75, 3.05) is 46.3 Å². The third-order valence-corrected chi connectivity index (χ3v) is 5.59. The van der Waals surface area contributed by atoms with Gasteiger partial charge in [0.1, 0.15) is 0 Å². The normalized spacial score (nSPS) is 31.7. The summed E-state index contributed by atoms with van der Waals surface area (Å²) in [7, 11) is 2.23. The van der Waals surface area contributed by atoms with Gasteiger partial charge in [0.05, 0.1) is 0 Å². The van der Waals surface area contributed by atoms with Crippen LogP contribution in [-0.2, 0) is 0 Å². The second kappa shape index (κ2) is 5.70. The molecule has 3 rings (SSSR count). The van der Waals surface area contributed by atoms with E-state index in [1.165, 1.54) is 65.0 Å². The zero-order valence-electron chi connectivity index (χ0n) is 11.6. The first-order chi connectivity index (χ1) is 8.72. The van der Waals surface area contributed by atoms with Crippen molar-refractivity contribution in [1.82, 2.24) is 14.7 Å². The average Bonchev–Trinajstić information content (AvgIpc) is 2.36. The predicted molar refractivity (Wildman–Crippen MR) is 79.5 cm³/mol. The van der Waals surface area contributed by atoms with Crippen LogP contribution < -0.4 is 0 Å². The Morgan fingerprint density at radius 1 is 0.778 bits per heavy atom. The van der Waals surface area contributed by atoms with Crippen LogP contribution in [0.3, 0.4) is 0 Å². The fourth-order valence-corrected chi connectivity index (χ4v) is 4.00. The molecular weight excluding hydrogens is 242 g/mol. The molecule has 0 N–H and O–H groups in total. The standard InChI is InChI=1S/C14H27N3S/c1-15-10-13(11-15)17-6-2-12(3-7-17)16-8-4-14(18)5-9-16/h12-14,18H,2-11H2,1H3. The van der Waals surface area contributed by atoms with Gasteiger partial charge in [0.15, 0.2) is 0 Å². The van der Waals surface area contributed by atoms with Gasteiger partial charge in [0, 0.05) is 43.5 Å². The lowest BCUT2D eigenvalue weighted by atomic mass is 9.97. The molecule has 3 nitrogen and oxygen atoms in total. The fraction of sp³-hybridized carbons (Fsp3) is 1.00. The first kappa shape index (κ1) is 13.2. The molecule has 3 heterocycles. The monoisotopic (exact) mass is 269 g/mol. The summed E-state index contributed by atoms with van der Waals surface area (Å²) in [5, 5.41) is 0.659. The molecule has 0 aromatic rings. The molecule has 104 valence electrons. The summed E-state index contributed by atoms with van der Waals surface area (Å²) in [5.74, 6) is 0. The fourth-order valence-electron chi connectivity index (χ4n) is 3.76. The second-order valence-electron chi connectivity index (χ2n) is 6.41. The molecule has 3 fully saturated rings. The number of piperidine rings is 2. The predicted octanol–water partition coefficient (Wildman–Crippen LogP) is 1.16. The molecule has 18 heavy (non-hydrogen) atoms. The van der Waals surface area contributed by atoms with Crippen molar-refractivity contribution in [2.24, 2.45) is 0 Å². The van der Waals surface area contributed by atoms with E-state index in [0.29, 0.717) is 5.25 Å². The van der Waals surface area contributed by atoms with Gasteiger partial charge in [-0.1, -0.05) is 0 Å². The smallest absolute Gasteiger partial charge is 0.0350 e. The number of nitrogens with zero attached hydrogens (tertiary/aromatic N) is 3. The van der Waals surface area contributed by atoms with Gasteiger partial charge in [0.2, 0.25) is 0 Å². The number of hydrogen-bond acceptors (Lipinski definition) is 4. The van der Waals surface area contributed by atoms with Crippen molar-refractivity contribution in [3.8, 4) is 0 Å². The molecule has 3 aliphatic rings. The van der Waals surface area contributed by atoms with Crippen LogP contribution in [-0.4, -0.2) is 78.3 Å². The molecule has 0 atom stereocenters. The van der Waals surface area contributed by atoms with Crippen LogP contribution in [0.4, 0.5) is 0 Å². The maximum atomic E-state index is 4.60. The third-order valence-electron chi connectivity index (χ3n) is 5.08.